The first-order chi connectivity index (χ1) is 6.02. The van der Waals surface area contributed by atoms with Crippen molar-refractivity contribution in [2.75, 3.05) is 33.5 Å². The fourth-order valence-electron chi connectivity index (χ4n) is 1.23. The first-order valence-electron chi connectivity index (χ1n) is 4.82. The second kappa shape index (κ2) is 6.33. The lowest BCUT2D eigenvalue weighted by Gasteiger charge is -2.35. The van der Waals surface area contributed by atoms with Crippen LogP contribution in [0.4, 0.5) is 4.39 Å². The van der Waals surface area contributed by atoms with Gasteiger partial charge in [0.25, 0.3) is 0 Å². The van der Waals surface area contributed by atoms with E-state index in [1.54, 1.807) is 7.11 Å². The summed E-state index contributed by atoms with van der Waals surface area (Å²) in [6.07, 6.45) is 0.612. The molecule has 0 saturated heterocycles. The van der Waals surface area contributed by atoms with Gasteiger partial charge < -0.3 is 4.74 Å². The molecule has 0 aliphatic heterocycles. The predicted octanol–water partition coefficient (Wildman–Crippen LogP) is 2.09. The van der Waals surface area contributed by atoms with Crippen LogP contribution in [0.25, 0.3) is 0 Å². The van der Waals surface area contributed by atoms with Crippen LogP contribution in [0.15, 0.2) is 0 Å². The molecule has 2 nitrogen and oxygen atoms in total. The first kappa shape index (κ1) is 12.8. The Kier molecular flexibility index (Phi) is 6.25. The molecule has 0 amide bonds. The van der Waals surface area contributed by atoms with Crippen LogP contribution in [-0.4, -0.2) is 43.9 Å². The molecule has 0 saturated carbocycles. The van der Waals surface area contributed by atoms with Crippen LogP contribution in [0.5, 0.6) is 0 Å². The van der Waals surface area contributed by atoms with Crippen molar-refractivity contribution >= 4 is 0 Å². The van der Waals surface area contributed by atoms with E-state index in [0.717, 1.165) is 13.1 Å². The zero-order chi connectivity index (χ0) is 10.3. The number of rotatable bonds is 6. The van der Waals surface area contributed by atoms with E-state index in [4.69, 9.17) is 4.74 Å². The number of hydrogen-bond acceptors (Lipinski definition) is 2. The Balaban J connectivity index is 3.88. The SMILES string of the molecule is COCCN(CCCF)C(C)(C)C. The second-order valence-corrected chi connectivity index (χ2v) is 4.19. The molecular weight excluding hydrogens is 169 g/mol. The van der Waals surface area contributed by atoms with E-state index in [2.05, 4.69) is 25.7 Å². The highest BCUT2D eigenvalue weighted by molar-refractivity contribution is 4.75. The molecule has 0 heterocycles. The molecule has 0 atom stereocenters. The van der Waals surface area contributed by atoms with E-state index in [-0.39, 0.29) is 12.2 Å². The minimum absolute atomic E-state index is 0.105. The molecule has 0 fully saturated rings. The standard InChI is InChI=1S/C10H22FNO/c1-10(2,3)12(7-5-6-11)8-9-13-4/h5-9H2,1-4H3. The van der Waals surface area contributed by atoms with E-state index in [9.17, 15) is 4.39 Å². The molecule has 13 heavy (non-hydrogen) atoms. The third-order valence-corrected chi connectivity index (χ3v) is 2.08. The fourth-order valence-corrected chi connectivity index (χ4v) is 1.23. The maximum absolute atomic E-state index is 12.0. The molecule has 0 rings (SSSR count). The molecule has 0 spiro atoms. The van der Waals surface area contributed by atoms with Gasteiger partial charge in [-0.05, 0) is 27.2 Å². The molecule has 3 heteroatoms. The molecular formula is C10H22FNO. The van der Waals surface area contributed by atoms with Crippen LogP contribution in [0.1, 0.15) is 27.2 Å². The lowest BCUT2D eigenvalue weighted by atomic mass is 10.1. The van der Waals surface area contributed by atoms with Gasteiger partial charge in [-0.2, -0.15) is 0 Å². The van der Waals surface area contributed by atoms with E-state index in [0.29, 0.717) is 13.0 Å². The summed E-state index contributed by atoms with van der Waals surface area (Å²) in [5.41, 5.74) is 0.105. The van der Waals surface area contributed by atoms with E-state index in [1.165, 1.54) is 0 Å². The number of hydrogen-bond donors (Lipinski definition) is 0. The average Bonchev–Trinajstić information content (AvgIpc) is 2.02. The van der Waals surface area contributed by atoms with Crippen molar-refractivity contribution in [2.45, 2.75) is 32.7 Å². The monoisotopic (exact) mass is 191 g/mol. The molecule has 0 aromatic carbocycles. The zero-order valence-electron chi connectivity index (χ0n) is 9.27. The normalized spacial score (nSPS) is 12.5. The highest BCUT2D eigenvalue weighted by Crippen LogP contribution is 2.12. The Morgan fingerprint density at radius 2 is 1.85 bits per heavy atom. The van der Waals surface area contributed by atoms with Gasteiger partial charge in [-0.1, -0.05) is 0 Å². The smallest absolute Gasteiger partial charge is 0.0906 e. The lowest BCUT2D eigenvalue weighted by Crippen LogP contribution is -2.43. The molecule has 0 aromatic heterocycles. The molecule has 0 unspecified atom stereocenters. The molecule has 0 bridgehead atoms. The maximum Gasteiger partial charge on any atom is 0.0906 e. The summed E-state index contributed by atoms with van der Waals surface area (Å²) in [5, 5.41) is 0. The van der Waals surface area contributed by atoms with E-state index in [1.807, 2.05) is 0 Å². The Morgan fingerprint density at radius 1 is 1.23 bits per heavy atom. The zero-order valence-corrected chi connectivity index (χ0v) is 9.27. The Morgan fingerprint density at radius 3 is 2.23 bits per heavy atom. The van der Waals surface area contributed by atoms with Crippen molar-refractivity contribution < 1.29 is 9.13 Å². The average molecular weight is 191 g/mol. The van der Waals surface area contributed by atoms with E-state index < -0.39 is 0 Å². The summed E-state index contributed by atoms with van der Waals surface area (Å²) in [4.78, 5) is 2.25. The highest BCUT2D eigenvalue weighted by atomic mass is 19.1. The van der Waals surface area contributed by atoms with Crippen LogP contribution in [0, 0.1) is 0 Å². The first-order valence-corrected chi connectivity index (χ1v) is 4.82. The van der Waals surface area contributed by atoms with Gasteiger partial charge in [-0.15, -0.1) is 0 Å². The molecule has 80 valence electrons. The van der Waals surface area contributed by atoms with Crippen molar-refractivity contribution in [2.24, 2.45) is 0 Å². The van der Waals surface area contributed by atoms with Gasteiger partial charge in [0.05, 0.1) is 13.3 Å². The summed E-state index contributed by atoms with van der Waals surface area (Å²) < 4.78 is 17.0. The number of ether oxygens (including phenoxy) is 1. The number of nitrogens with zero attached hydrogens (tertiary/aromatic N) is 1. The van der Waals surface area contributed by atoms with Gasteiger partial charge in [0, 0.05) is 25.7 Å². The third-order valence-electron chi connectivity index (χ3n) is 2.08. The summed E-state index contributed by atoms with van der Waals surface area (Å²) in [6.45, 7) is 8.58. The van der Waals surface area contributed by atoms with Gasteiger partial charge >= 0.3 is 0 Å². The van der Waals surface area contributed by atoms with Crippen LogP contribution in [0.2, 0.25) is 0 Å². The molecule has 0 N–H and O–H groups in total. The van der Waals surface area contributed by atoms with Crippen LogP contribution in [-0.2, 0) is 4.74 Å². The van der Waals surface area contributed by atoms with Gasteiger partial charge in [0.2, 0.25) is 0 Å². The predicted molar refractivity (Wildman–Crippen MR) is 53.8 cm³/mol. The van der Waals surface area contributed by atoms with Gasteiger partial charge in [-0.3, -0.25) is 9.29 Å². The fraction of sp³-hybridized carbons (Fsp3) is 1.00. The quantitative estimate of drug-likeness (QED) is 0.637. The number of halogens is 1. The lowest BCUT2D eigenvalue weighted by molar-refractivity contribution is 0.0842. The van der Waals surface area contributed by atoms with Crippen LogP contribution >= 0.6 is 0 Å². The second-order valence-electron chi connectivity index (χ2n) is 4.19. The third kappa shape index (κ3) is 5.99. The molecule has 0 radical (unpaired) electrons. The Bertz CT molecular complexity index is 115. The van der Waals surface area contributed by atoms with E-state index >= 15 is 0 Å². The molecule has 0 aromatic rings. The van der Waals surface area contributed by atoms with Gasteiger partial charge in [0.15, 0.2) is 0 Å². The van der Waals surface area contributed by atoms with Crippen LogP contribution in [0.3, 0.4) is 0 Å². The largest absolute Gasteiger partial charge is 0.383 e. The highest BCUT2D eigenvalue weighted by Gasteiger charge is 2.19. The molecule has 0 aliphatic rings. The summed E-state index contributed by atoms with van der Waals surface area (Å²) in [6, 6.07) is 0. The van der Waals surface area contributed by atoms with Crippen molar-refractivity contribution in [3.63, 3.8) is 0 Å². The van der Waals surface area contributed by atoms with Crippen molar-refractivity contribution in [3.05, 3.63) is 0 Å². The topological polar surface area (TPSA) is 12.5 Å². The van der Waals surface area contributed by atoms with Crippen molar-refractivity contribution in [1.82, 2.24) is 4.90 Å². The van der Waals surface area contributed by atoms with Gasteiger partial charge in [0.1, 0.15) is 0 Å². The minimum Gasteiger partial charge on any atom is -0.383 e. The summed E-state index contributed by atoms with van der Waals surface area (Å²) >= 11 is 0. The number of methoxy groups -OCH3 is 1. The van der Waals surface area contributed by atoms with Crippen molar-refractivity contribution in [1.29, 1.82) is 0 Å². The maximum atomic E-state index is 12.0. The van der Waals surface area contributed by atoms with Crippen LogP contribution < -0.4 is 0 Å². The van der Waals surface area contributed by atoms with Crippen molar-refractivity contribution in [3.8, 4) is 0 Å². The minimum atomic E-state index is -0.237. The Hall–Kier alpha value is -0.150. The van der Waals surface area contributed by atoms with Gasteiger partial charge in [-0.25, -0.2) is 0 Å². The number of alkyl halides is 1. The summed E-state index contributed by atoms with van der Waals surface area (Å²) in [7, 11) is 1.69. The Labute approximate surface area is 81.1 Å². The molecule has 0 aliphatic carbocycles. The summed E-state index contributed by atoms with van der Waals surface area (Å²) in [5.74, 6) is 0.